The van der Waals surface area contributed by atoms with Crippen molar-refractivity contribution < 1.29 is 9.84 Å². The number of hydrogen-bond donors (Lipinski definition) is 1. The van der Waals surface area contributed by atoms with Crippen LogP contribution < -0.4 is 4.74 Å². The highest BCUT2D eigenvalue weighted by molar-refractivity contribution is 6.30. The molecule has 3 heteroatoms. The van der Waals surface area contributed by atoms with E-state index in [-0.39, 0.29) is 0 Å². The first-order valence-corrected chi connectivity index (χ1v) is 5.69. The van der Waals surface area contributed by atoms with Gasteiger partial charge in [-0.25, -0.2) is 0 Å². The number of methoxy groups -OCH3 is 1. The van der Waals surface area contributed by atoms with Gasteiger partial charge in [0.05, 0.1) is 13.2 Å². The van der Waals surface area contributed by atoms with Crippen LogP contribution in [0, 0.1) is 0 Å². The van der Waals surface area contributed by atoms with Crippen LogP contribution in [0.2, 0.25) is 5.02 Å². The zero-order valence-electron chi connectivity index (χ0n) is 9.45. The van der Waals surface area contributed by atoms with Gasteiger partial charge >= 0.3 is 0 Å². The van der Waals surface area contributed by atoms with Gasteiger partial charge in [-0.05, 0) is 31.4 Å². The lowest BCUT2D eigenvalue weighted by Crippen LogP contribution is -2.00. The van der Waals surface area contributed by atoms with Gasteiger partial charge in [0.15, 0.2) is 0 Å². The molecule has 1 unspecified atom stereocenters. The van der Waals surface area contributed by atoms with Gasteiger partial charge in [0.1, 0.15) is 5.75 Å². The summed E-state index contributed by atoms with van der Waals surface area (Å²) in [4.78, 5) is 0. The number of benzene rings is 1. The molecule has 0 radical (unpaired) electrons. The number of rotatable bonds is 6. The molecule has 88 valence electrons. The van der Waals surface area contributed by atoms with Crippen molar-refractivity contribution in [1.29, 1.82) is 0 Å². The van der Waals surface area contributed by atoms with Gasteiger partial charge in [0.25, 0.3) is 0 Å². The fraction of sp³-hybridized carbons (Fsp3) is 0.385. The highest BCUT2D eigenvalue weighted by atomic mass is 35.5. The Kier molecular flexibility index (Phi) is 5.36. The third-order valence-electron chi connectivity index (χ3n) is 2.44. The van der Waals surface area contributed by atoms with Crippen molar-refractivity contribution in [3.05, 3.63) is 41.4 Å². The maximum absolute atomic E-state index is 9.99. The standard InChI is InChI=1S/C13H17ClO2/c1-3-4-5-6-12(15)11-8-7-10(14)9-13(11)16-2/h3,7-9,12,15H,1,4-6H2,2H3. The van der Waals surface area contributed by atoms with Crippen LogP contribution in [0.15, 0.2) is 30.9 Å². The molecule has 0 bridgehead atoms. The van der Waals surface area contributed by atoms with Crippen LogP contribution in [0.3, 0.4) is 0 Å². The average molecular weight is 241 g/mol. The van der Waals surface area contributed by atoms with Crippen LogP contribution in [-0.2, 0) is 0 Å². The molecule has 0 heterocycles. The fourth-order valence-corrected chi connectivity index (χ4v) is 1.73. The van der Waals surface area contributed by atoms with Crippen molar-refractivity contribution in [1.82, 2.24) is 0 Å². The molecule has 0 saturated heterocycles. The summed E-state index contributed by atoms with van der Waals surface area (Å²) in [6.45, 7) is 3.65. The first-order valence-electron chi connectivity index (χ1n) is 5.31. The van der Waals surface area contributed by atoms with Gasteiger partial charge in [0, 0.05) is 10.6 Å². The van der Waals surface area contributed by atoms with Crippen LogP contribution >= 0.6 is 11.6 Å². The Morgan fingerprint density at radius 2 is 2.31 bits per heavy atom. The van der Waals surface area contributed by atoms with E-state index in [4.69, 9.17) is 16.3 Å². The van der Waals surface area contributed by atoms with E-state index in [1.54, 1.807) is 25.3 Å². The Balaban J connectivity index is 2.73. The maximum Gasteiger partial charge on any atom is 0.126 e. The van der Waals surface area contributed by atoms with E-state index >= 15 is 0 Å². The lowest BCUT2D eigenvalue weighted by atomic mass is 10.0. The first-order chi connectivity index (χ1) is 7.69. The highest BCUT2D eigenvalue weighted by Gasteiger charge is 2.12. The van der Waals surface area contributed by atoms with Gasteiger partial charge < -0.3 is 9.84 Å². The minimum atomic E-state index is -0.507. The summed E-state index contributed by atoms with van der Waals surface area (Å²) in [7, 11) is 1.58. The SMILES string of the molecule is C=CCCCC(O)c1ccc(Cl)cc1OC. The van der Waals surface area contributed by atoms with Gasteiger partial charge in [-0.15, -0.1) is 6.58 Å². The molecule has 1 N–H and O–H groups in total. The summed E-state index contributed by atoms with van der Waals surface area (Å²) in [5.74, 6) is 0.638. The molecule has 0 fully saturated rings. The van der Waals surface area contributed by atoms with E-state index in [9.17, 15) is 5.11 Å². The summed E-state index contributed by atoms with van der Waals surface area (Å²) >= 11 is 5.85. The Bertz CT molecular complexity index is 350. The molecular weight excluding hydrogens is 224 g/mol. The van der Waals surface area contributed by atoms with Gasteiger partial charge in [-0.1, -0.05) is 23.7 Å². The topological polar surface area (TPSA) is 29.5 Å². The summed E-state index contributed by atoms with van der Waals surface area (Å²) in [6, 6.07) is 5.28. The maximum atomic E-state index is 9.99. The predicted molar refractivity (Wildman–Crippen MR) is 67.0 cm³/mol. The molecule has 0 spiro atoms. The summed E-state index contributed by atoms with van der Waals surface area (Å²) in [6.07, 6.45) is 3.87. The van der Waals surface area contributed by atoms with Crippen LogP contribution in [-0.4, -0.2) is 12.2 Å². The molecular formula is C13H17ClO2. The fourth-order valence-electron chi connectivity index (χ4n) is 1.57. The number of hydrogen-bond acceptors (Lipinski definition) is 2. The molecule has 1 aromatic rings. The van der Waals surface area contributed by atoms with Crippen molar-refractivity contribution in [2.45, 2.75) is 25.4 Å². The summed E-state index contributed by atoms with van der Waals surface area (Å²) < 4.78 is 5.19. The van der Waals surface area contributed by atoms with Gasteiger partial charge in [-0.3, -0.25) is 0 Å². The number of halogens is 1. The molecule has 0 aromatic heterocycles. The molecule has 0 aliphatic carbocycles. The van der Waals surface area contributed by atoms with Crippen molar-refractivity contribution in [2.75, 3.05) is 7.11 Å². The van der Waals surface area contributed by atoms with Crippen LogP contribution in [0.1, 0.15) is 30.9 Å². The minimum Gasteiger partial charge on any atom is -0.496 e. The molecule has 16 heavy (non-hydrogen) atoms. The van der Waals surface area contributed by atoms with Gasteiger partial charge in [0.2, 0.25) is 0 Å². The quantitative estimate of drug-likeness (QED) is 0.606. The van der Waals surface area contributed by atoms with Crippen LogP contribution in [0.25, 0.3) is 0 Å². The molecule has 1 aromatic carbocycles. The summed E-state index contributed by atoms with van der Waals surface area (Å²) in [5.41, 5.74) is 0.788. The van der Waals surface area contributed by atoms with Crippen LogP contribution in [0.5, 0.6) is 5.75 Å². The Morgan fingerprint density at radius 3 is 2.94 bits per heavy atom. The molecule has 0 saturated carbocycles. The Hall–Kier alpha value is -0.990. The number of ether oxygens (including phenoxy) is 1. The number of aliphatic hydroxyl groups excluding tert-OH is 1. The van der Waals surface area contributed by atoms with Crippen molar-refractivity contribution >= 4 is 11.6 Å². The molecule has 1 atom stereocenters. The van der Waals surface area contributed by atoms with E-state index < -0.39 is 6.10 Å². The molecule has 0 aliphatic rings. The van der Waals surface area contributed by atoms with E-state index in [1.807, 2.05) is 6.08 Å². The van der Waals surface area contributed by atoms with Crippen molar-refractivity contribution in [3.8, 4) is 5.75 Å². The first kappa shape index (κ1) is 13.1. The van der Waals surface area contributed by atoms with E-state index in [0.29, 0.717) is 17.2 Å². The predicted octanol–water partition coefficient (Wildman–Crippen LogP) is 3.74. The van der Waals surface area contributed by atoms with E-state index in [1.165, 1.54) is 0 Å². The third-order valence-corrected chi connectivity index (χ3v) is 2.68. The average Bonchev–Trinajstić information content (AvgIpc) is 2.29. The molecule has 1 rings (SSSR count). The van der Waals surface area contributed by atoms with E-state index in [2.05, 4.69) is 6.58 Å². The monoisotopic (exact) mass is 240 g/mol. The van der Waals surface area contributed by atoms with E-state index in [0.717, 1.165) is 18.4 Å². The zero-order chi connectivity index (χ0) is 12.0. The molecule has 0 amide bonds. The largest absolute Gasteiger partial charge is 0.496 e. The smallest absolute Gasteiger partial charge is 0.126 e. The van der Waals surface area contributed by atoms with Crippen LogP contribution in [0.4, 0.5) is 0 Å². The summed E-state index contributed by atoms with van der Waals surface area (Å²) in [5, 5.41) is 10.6. The second-order valence-electron chi connectivity index (χ2n) is 3.62. The van der Waals surface area contributed by atoms with Crippen molar-refractivity contribution in [3.63, 3.8) is 0 Å². The lowest BCUT2D eigenvalue weighted by molar-refractivity contribution is 0.161. The third kappa shape index (κ3) is 3.54. The lowest BCUT2D eigenvalue weighted by Gasteiger charge is -2.14. The second-order valence-corrected chi connectivity index (χ2v) is 4.06. The van der Waals surface area contributed by atoms with Gasteiger partial charge in [-0.2, -0.15) is 0 Å². The highest BCUT2D eigenvalue weighted by Crippen LogP contribution is 2.30. The molecule has 0 aliphatic heterocycles. The second kappa shape index (κ2) is 6.56. The van der Waals surface area contributed by atoms with Crippen molar-refractivity contribution in [2.24, 2.45) is 0 Å². The Labute approximate surface area is 102 Å². The normalized spacial score (nSPS) is 12.2. The number of allylic oxidation sites excluding steroid dienone is 1. The minimum absolute atomic E-state index is 0.507. The number of unbranched alkanes of at least 4 members (excludes halogenated alkanes) is 1. The Morgan fingerprint density at radius 1 is 1.56 bits per heavy atom. The molecule has 2 nitrogen and oxygen atoms in total. The number of aliphatic hydroxyl groups is 1. The zero-order valence-corrected chi connectivity index (χ0v) is 10.2.